The number of nitrogens with zero attached hydrogens (tertiary/aromatic N) is 1. The second-order valence-electron chi connectivity index (χ2n) is 3.17. The molecule has 0 unspecified atom stereocenters. The van der Waals surface area contributed by atoms with E-state index < -0.39 is 0 Å². The van der Waals surface area contributed by atoms with E-state index in [0.717, 1.165) is 17.9 Å². The Hall–Kier alpha value is -1.35. The molecule has 2 heterocycles. The Labute approximate surface area is 87.6 Å². The van der Waals surface area contributed by atoms with E-state index >= 15 is 0 Å². The predicted octanol–water partition coefficient (Wildman–Crippen LogP) is 3.06. The molecule has 0 amide bonds. The van der Waals surface area contributed by atoms with Gasteiger partial charge in [-0.25, -0.2) is 0 Å². The third kappa shape index (κ3) is 2.33. The highest BCUT2D eigenvalue weighted by Crippen LogP contribution is 2.11. The summed E-state index contributed by atoms with van der Waals surface area (Å²) in [5.74, 6) is 0. The highest BCUT2D eigenvalue weighted by molar-refractivity contribution is 7.07. The lowest BCUT2D eigenvalue weighted by atomic mass is 10.3. The second-order valence-corrected chi connectivity index (χ2v) is 3.95. The molecule has 2 rings (SSSR count). The number of hydrogen-bond donors (Lipinski definition) is 1. The largest absolute Gasteiger partial charge is 0.381 e. The SMILES string of the molecule is Cc1cc(NCc2ccsc2)ccn1. The van der Waals surface area contributed by atoms with Crippen molar-refractivity contribution in [3.63, 3.8) is 0 Å². The van der Waals surface area contributed by atoms with Crippen LogP contribution in [0.2, 0.25) is 0 Å². The Kier molecular flexibility index (Phi) is 2.79. The predicted molar refractivity (Wildman–Crippen MR) is 60.6 cm³/mol. The molecule has 0 aliphatic heterocycles. The Bertz CT molecular complexity index is 395. The van der Waals surface area contributed by atoms with Gasteiger partial charge >= 0.3 is 0 Å². The van der Waals surface area contributed by atoms with E-state index in [1.165, 1.54) is 5.56 Å². The van der Waals surface area contributed by atoms with Gasteiger partial charge in [0.15, 0.2) is 0 Å². The van der Waals surface area contributed by atoms with Crippen LogP contribution in [-0.4, -0.2) is 4.98 Å². The fourth-order valence-corrected chi connectivity index (χ4v) is 1.92. The van der Waals surface area contributed by atoms with Gasteiger partial charge < -0.3 is 5.32 Å². The smallest absolute Gasteiger partial charge is 0.0409 e. The van der Waals surface area contributed by atoms with Crippen LogP contribution in [0.25, 0.3) is 0 Å². The van der Waals surface area contributed by atoms with Crippen LogP contribution in [0.1, 0.15) is 11.3 Å². The van der Waals surface area contributed by atoms with E-state index in [2.05, 4.69) is 27.1 Å². The summed E-state index contributed by atoms with van der Waals surface area (Å²) in [4.78, 5) is 4.15. The van der Waals surface area contributed by atoms with Gasteiger partial charge in [0, 0.05) is 24.1 Å². The molecule has 3 heteroatoms. The van der Waals surface area contributed by atoms with Gasteiger partial charge in [-0.15, -0.1) is 0 Å². The van der Waals surface area contributed by atoms with Crippen LogP contribution in [0.5, 0.6) is 0 Å². The molecule has 0 bridgehead atoms. The summed E-state index contributed by atoms with van der Waals surface area (Å²) in [5, 5.41) is 7.60. The molecular weight excluding hydrogens is 192 g/mol. The van der Waals surface area contributed by atoms with E-state index in [4.69, 9.17) is 0 Å². The van der Waals surface area contributed by atoms with E-state index in [0.29, 0.717) is 0 Å². The van der Waals surface area contributed by atoms with Gasteiger partial charge in [-0.05, 0) is 41.4 Å². The van der Waals surface area contributed by atoms with Crippen molar-refractivity contribution in [2.75, 3.05) is 5.32 Å². The molecule has 14 heavy (non-hydrogen) atoms. The van der Waals surface area contributed by atoms with E-state index in [-0.39, 0.29) is 0 Å². The van der Waals surface area contributed by atoms with Gasteiger partial charge in [0.05, 0.1) is 0 Å². The third-order valence-corrected chi connectivity index (χ3v) is 2.71. The molecule has 72 valence electrons. The first kappa shape index (κ1) is 9.21. The van der Waals surface area contributed by atoms with Gasteiger partial charge in [0.1, 0.15) is 0 Å². The van der Waals surface area contributed by atoms with Crippen LogP contribution in [0.3, 0.4) is 0 Å². The van der Waals surface area contributed by atoms with Gasteiger partial charge in [-0.1, -0.05) is 0 Å². The molecule has 0 aliphatic carbocycles. The van der Waals surface area contributed by atoms with Gasteiger partial charge in [-0.2, -0.15) is 11.3 Å². The highest BCUT2D eigenvalue weighted by Gasteiger charge is 1.94. The summed E-state index contributed by atoms with van der Waals surface area (Å²) >= 11 is 1.73. The molecule has 2 aromatic rings. The number of thiophene rings is 1. The lowest BCUT2D eigenvalue weighted by molar-refractivity contribution is 1.14. The first-order valence-electron chi connectivity index (χ1n) is 4.52. The Morgan fingerprint density at radius 2 is 2.36 bits per heavy atom. The number of aryl methyl sites for hydroxylation is 1. The van der Waals surface area contributed by atoms with Gasteiger partial charge in [0.25, 0.3) is 0 Å². The molecule has 0 spiro atoms. The maximum Gasteiger partial charge on any atom is 0.0409 e. The standard InChI is InChI=1S/C11H12N2S/c1-9-6-11(2-4-12-9)13-7-10-3-5-14-8-10/h2-6,8H,7H2,1H3,(H,12,13). The van der Waals surface area contributed by atoms with Crippen molar-refractivity contribution in [2.24, 2.45) is 0 Å². The third-order valence-electron chi connectivity index (χ3n) is 1.97. The quantitative estimate of drug-likeness (QED) is 0.831. The van der Waals surface area contributed by atoms with Crippen molar-refractivity contribution in [1.29, 1.82) is 0 Å². The monoisotopic (exact) mass is 204 g/mol. The lowest BCUT2D eigenvalue weighted by Gasteiger charge is -2.04. The van der Waals surface area contributed by atoms with Crippen molar-refractivity contribution in [3.8, 4) is 0 Å². The summed E-state index contributed by atoms with van der Waals surface area (Å²) in [7, 11) is 0. The van der Waals surface area contributed by atoms with Crippen LogP contribution in [0.15, 0.2) is 35.2 Å². The van der Waals surface area contributed by atoms with E-state index in [9.17, 15) is 0 Å². The molecule has 0 aromatic carbocycles. The Balaban J connectivity index is 1.98. The average Bonchev–Trinajstić information content (AvgIpc) is 2.67. The molecule has 2 nitrogen and oxygen atoms in total. The zero-order chi connectivity index (χ0) is 9.80. The summed E-state index contributed by atoms with van der Waals surface area (Å²) in [5.41, 5.74) is 3.49. The number of nitrogens with one attached hydrogen (secondary N) is 1. The molecule has 0 radical (unpaired) electrons. The first-order valence-corrected chi connectivity index (χ1v) is 5.46. The Morgan fingerprint density at radius 1 is 1.43 bits per heavy atom. The summed E-state index contributed by atoms with van der Waals surface area (Å²) in [6, 6.07) is 6.16. The zero-order valence-corrected chi connectivity index (χ0v) is 8.84. The summed E-state index contributed by atoms with van der Waals surface area (Å²) in [6.07, 6.45) is 1.82. The van der Waals surface area contributed by atoms with Crippen LogP contribution < -0.4 is 5.32 Å². The highest BCUT2D eigenvalue weighted by atomic mass is 32.1. The molecule has 0 fully saturated rings. The first-order chi connectivity index (χ1) is 6.84. The zero-order valence-electron chi connectivity index (χ0n) is 8.03. The number of hydrogen-bond acceptors (Lipinski definition) is 3. The van der Waals surface area contributed by atoms with Crippen molar-refractivity contribution in [1.82, 2.24) is 4.98 Å². The molecule has 0 aliphatic rings. The van der Waals surface area contributed by atoms with Crippen molar-refractivity contribution in [2.45, 2.75) is 13.5 Å². The molecule has 0 atom stereocenters. The molecule has 2 aromatic heterocycles. The molecule has 0 saturated carbocycles. The van der Waals surface area contributed by atoms with Crippen LogP contribution in [0.4, 0.5) is 5.69 Å². The number of aromatic nitrogens is 1. The van der Waals surface area contributed by atoms with E-state index in [1.54, 1.807) is 11.3 Å². The van der Waals surface area contributed by atoms with Crippen LogP contribution >= 0.6 is 11.3 Å². The van der Waals surface area contributed by atoms with Crippen molar-refractivity contribution < 1.29 is 0 Å². The minimum Gasteiger partial charge on any atom is -0.381 e. The average molecular weight is 204 g/mol. The molecular formula is C11H12N2S. The fraction of sp³-hybridized carbons (Fsp3) is 0.182. The van der Waals surface area contributed by atoms with Crippen LogP contribution in [-0.2, 0) is 6.54 Å². The van der Waals surface area contributed by atoms with E-state index in [1.807, 2.05) is 25.3 Å². The molecule has 1 N–H and O–H groups in total. The summed E-state index contributed by atoms with van der Waals surface area (Å²) in [6.45, 7) is 2.88. The van der Waals surface area contributed by atoms with Crippen molar-refractivity contribution >= 4 is 17.0 Å². The maximum absolute atomic E-state index is 4.15. The second kappa shape index (κ2) is 4.24. The fourth-order valence-electron chi connectivity index (χ4n) is 1.25. The topological polar surface area (TPSA) is 24.9 Å². The molecule has 0 saturated heterocycles. The number of pyridine rings is 1. The Morgan fingerprint density at radius 3 is 3.07 bits per heavy atom. The van der Waals surface area contributed by atoms with Gasteiger partial charge in [0.2, 0.25) is 0 Å². The summed E-state index contributed by atoms with van der Waals surface area (Å²) < 4.78 is 0. The minimum atomic E-state index is 0.882. The number of anilines is 1. The number of rotatable bonds is 3. The van der Waals surface area contributed by atoms with Crippen LogP contribution in [0, 0.1) is 6.92 Å². The minimum absolute atomic E-state index is 0.882. The normalized spacial score (nSPS) is 10.1. The van der Waals surface area contributed by atoms with Gasteiger partial charge in [-0.3, -0.25) is 4.98 Å². The van der Waals surface area contributed by atoms with Crippen molar-refractivity contribution in [3.05, 3.63) is 46.4 Å². The maximum atomic E-state index is 4.15. The lowest BCUT2D eigenvalue weighted by Crippen LogP contribution is -1.98.